The standard InChI is InChI=1S/C13H27.C7H8NOS.Sn/c1-4-7-10-13(11-8-5-2)12-9-6-3;9-7(2-1-3-7)6-8-4-5-10-6;/h4-12H2,1-3H3;4,9H,1-3H2;. The molecule has 0 aliphatic heterocycles. The van der Waals surface area contributed by atoms with Crippen LogP contribution in [0.4, 0.5) is 0 Å². The number of hydrogen-bond acceptors (Lipinski definition) is 3. The van der Waals surface area contributed by atoms with E-state index in [1.54, 1.807) is 2.89 Å². The Labute approximate surface area is 163 Å². The summed E-state index contributed by atoms with van der Waals surface area (Å²) in [5.41, 5.74) is -0.568. The fraction of sp³-hybridized carbons (Fsp3) is 0.850. The van der Waals surface area contributed by atoms with Gasteiger partial charge in [-0.1, -0.05) is 0 Å². The summed E-state index contributed by atoms with van der Waals surface area (Å²) in [6.07, 6.45) is 17.5. The van der Waals surface area contributed by atoms with E-state index in [4.69, 9.17) is 0 Å². The first-order chi connectivity index (χ1) is 11.6. The molecule has 4 heteroatoms. The summed E-state index contributed by atoms with van der Waals surface area (Å²) in [6.45, 7) is 6.98. The van der Waals surface area contributed by atoms with Gasteiger partial charge in [0.1, 0.15) is 0 Å². The Hall–Kier alpha value is 0.389. The third-order valence-electron chi connectivity index (χ3n) is 5.50. The van der Waals surface area contributed by atoms with E-state index in [-0.39, 0.29) is 0 Å². The molecule has 136 valence electrons. The van der Waals surface area contributed by atoms with Crippen LogP contribution in [-0.2, 0) is 5.60 Å². The molecule has 0 aromatic carbocycles. The van der Waals surface area contributed by atoms with Gasteiger partial charge in [0.05, 0.1) is 0 Å². The Kier molecular flexibility index (Phi) is 8.55. The van der Waals surface area contributed by atoms with Crippen LogP contribution in [0.2, 0.25) is 3.43 Å². The summed E-state index contributed by atoms with van der Waals surface area (Å²) in [6, 6.07) is 0. The van der Waals surface area contributed by atoms with Gasteiger partial charge < -0.3 is 0 Å². The van der Waals surface area contributed by atoms with Crippen molar-refractivity contribution in [3.63, 3.8) is 0 Å². The third kappa shape index (κ3) is 5.44. The van der Waals surface area contributed by atoms with Crippen molar-refractivity contribution in [2.45, 2.75) is 107 Å². The van der Waals surface area contributed by atoms with Crippen LogP contribution in [-0.4, -0.2) is 31.2 Å². The molecule has 0 spiro atoms. The van der Waals surface area contributed by atoms with Crippen LogP contribution in [0.5, 0.6) is 0 Å². The minimum absolute atomic E-state index is 0.568. The second kappa shape index (κ2) is 9.91. The molecular weight excluding hydrogens is 421 g/mol. The van der Waals surface area contributed by atoms with Crippen LogP contribution in [0, 0.1) is 0 Å². The fourth-order valence-electron chi connectivity index (χ4n) is 3.64. The summed E-state index contributed by atoms with van der Waals surface area (Å²) in [5, 5.41) is 11.6. The van der Waals surface area contributed by atoms with Crippen molar-refractivity contribution in [3.05, 3.63) is 11.2 Å². The Morgan fingerprint density at radius 1 is 1.08 bits per heavy atom. The predicted molar refractivity (Wildman–Crippen MR) is 107 cm³/mol. The van der Waals surface area contributed by atoms with Gasteiger partial charge >= 0.3 is 164 Å². The zero-order chi connectivity index (χ0) is 17.5. The summed E-state index contributed by atoms with van der Waals surface area (Å²) < 4.78 is 2.19. The van der Waals surface area contributed by atoms with Crippen molar-refractivity contribution >= 4 is 35.4 Å². The second-order valence-electron chi connectivity index (χ2n) is 7.63. The topological polar surface area (TPSA) is 33.1 Å². The van der Waals surface area contributed by atoms with Gasteiger partial charge in [0.2, 0.25) is 0 Å². The molecule has 1 N–H and O–H groups in total. The molecule has 1 saturated carbocycles. The van der Waals surface area contributed by atoms with Gasteiger partial charge in [0, 0.05) is 0 Å². The maximum absolute atomic E-state index is 10.6. The average molecular weight is 456 g/mol. The molecule has 1 aromatic heterocycles. The van der Waals surface area contributed by atoms with Crippen molar-refractivity contribution in [1.82, 2.24) is 4.98 Å². The first-order valence-corrected chi connectivity index (χ1v) is 13.7. The van der Waals surface area contributed by atoms with Crippen LogP contribution in [0.3, 0.4) is 0 Å². The Morgan fingerprint density at radius 3 is 2.04 bits per heavy atom. The van der Waals surface area contributed by atoms with Gasteiger partial charge in [0.15, 0.2) is 0 Å². The molecule has 0 amide bonds. The van der Waals surface area contributed by atoms with E-state index in [1.165, 1.54) is 57.8 Å². The summed E-state index contributed by atoms with van der Waals surface area (Å²) >= 11 is 1.18. The first-order valence-electron chi connectivity index (χ1n) is 10.0. The molecule has 0 bridgehead atoms. The quantitative estimate of drug-likeness (QED) is 0.417. The molecule has 24 heavy (non-hydrogen) atoms. The maximum atomic E-state index is 10.6. The molecule has 0 saturated heterocycles. The van der Waals surface area contributed by atoms with Gasteiger partial charge in [-0.25, -0.2) is 0 Å². The Bertz CT molecular complexity index is 462. The molecule has 0 atom stereocenters. The zero-order valence-corrected chi connectivity index (χ0v) is 19.5. The van der Waals surface area contributed by atoms with Crippen LogP contribution in [0.25, 0.3) is 0 Å². The number of thiazole rings is 1. The molecule has 1 aliphatic carbocycles. The Morgan fingerprint density at radius 2 is 1.62 bits per heavy atom. The van der Waals surface area contributed by atoms with Gasteiger partial charge in [-0.15, -0.1) is 0 Å². The molecule has 2 rings (SSSR count). The second-order valence-corrected chi connectivity index (χ2v) is 15.0. The van der Waals surface area contributed by atoms with Crippen molar-refractivity contribution in [1.29, 1.82) is 0 Å². The molecule has 1 aliphatic rings. The summed E-state index contributed by atoms with van der Waals surface area (Å²) in [4.78, 5) is 4.65. The molecule has 1 heterocycles. The van der Waals surface area contributed by atoms with Gasteiger partial charge in [-0.05, 0) is 0 Å². The number of nitrogens with zero attached hydrogens (tertiary/aromatic N) is 1. The SMILES string of the molecule is CCCC[C](CCCC)(CCCC)[Sn][c]1cnc(C2(O)CCC2)s1. The van der Waals surface area contributed by atoms with E-state index >= 15 is 0 Å². The molecule has 2 nitrogen and oxygen atoms in total. The van der Waals surface area contributed by atoms with Gasteiger partial charge in [-0.2, -0.15) is 0 Å². The van der Waals surface area contributed by atoms with Crippen molar-refractivity contribution < 1.29 is 5.11 Å². The van der Waals surface area contributed by atoms with E-state index in [0.29, 0.717) is 3.43 Å². The molecule has 1 aromatic rings. The molecule has 0 unspecified atom stereocenters. The molecule has 1 fully saturated rings. The number of rotatable bonds is 12. The number of hydrogen-bond donors (Lipinski definition) is 1. The molecule has 2 radical (unpaired) electrons. The minimum atomic E-state index is -0.679. The van der Waals surface area contributed by atoms with E-state index in [0.717, 1.165) is 24.3 Å². The normalized spacial score (nSPS) is 17.0. The predicted octanol–water partition coefficient (Wildman–Crippen LogP) is 5.57. The van der Waals surface area contributed by atoms with Crippen molar-refractivity contribution in [3.8, 4) is 0 Å². The molecular formula is C20H35NOSSn. The fourth-order valence-corrected chi connectivity index (χ4v) is 11.7. The van der Waals surface area contributed by atoms with Crippen molar-refractivity contribution in [2.24, 2.45) is 0 Å². The first kappa shape index (κ1) is 20.7. The monoisotopic (exact) mass is 457 g/mol. The van der Waals surface area contributed by atoms with Gasteiger partial charge in [-0.3, -0.25) is 0 Å². The van der Waals surface area contributed by atoms with Crippen LogP contribution < -0.4 is 2.89 Å². The van der Waals surface area contributed by atoms with Crippen LogP contribution in [0.15, 0.2) is 6.20 Å². The number of aliphatic hydroxyl groups is 1. The van der Waals surface area contributed by atoms with E-state index < -0.39 is 26.7 Å². The van der Waals surface area contributed by atoms with E-state index in [2.05, 4.69) is 32.0 Å². The Balaban J connectivity index is 2.12. The van der Waals surface area contributed by atoms with E-state index in [1.807, 2.05) is 11.3 Å². The zero-order valence-electron chi connectivity index (χ0n) is 15.9. The third-order valence-corrected chi connectivity index (χ3v) is 12.8. The van der Waals surface area contributed by atoms with Gasteiger partial charge in [0.25, 0.3) is 0 Å². The van der Waals surface area contributed by atoms with E-state index in [9.17, 15) is 5.11 Å². The number of aromatic nitrogens is 1. The summed E-state index contributed by atoms with van der Waals surface area (Å²) in [7, 11) is 0. The summed E-state index contributed by atoms with van der Waals surface area (Å²) in [5.74, 6) is 0. The number of unbranched alkanes of at least 4 members (excludes halogenated alkanes) is 3. The average Bonchev–Trinajstić information content (AvgIpc) is 3.02. The van der Waals surface area contributed by atoms with Crippen molar-refractivity contribution in [2.75, 3.05) is 0 Å². The van der Waals surface area contributed by atoms with Crippen LogP contribution in [0.1, 0.15) is 103 Å². The van der Waals surface area contributed by atoms with Crippen LogP contribution >= 0.6 is 11.3 Å².